The molecule has 1 aliphatic heterocycles. The van der Waals surface area contributed by atoms with Gasteiger partial charge >= 0.3 is 0 Å². The third kappa shape index (κ3) is 5.83. The van der Waals surface area contributed by atoms with Crippen LogP contribution < -0.4 is 15.5 Å². The number of carbonyl (C=O) groups is 2. The zero-order chi connectivity index (χ0) is 20.6. The Morgan fingerprint density at radius 2 is 1.66 bits per heavy atom. The van der Waals surface area contributed by atoms with Crippen molar-refractivity contribution in [2.75, 3.05) is 24.5 Å². The third-order valence-corrected chi connectivity index (χ3v) is 5.40. The van der Waals surface area contributed by atoms with E-state index in [4.69, 9.17) is 0 Å². The van der Waals surface area contributed by atoms with Crippen LogP contribution >= 0.6 is 0 Å². The van der Waals surface area contributed by atoms with Crippen LogP contribution in [0.2, 0.25) is 0 Å². The third-order valence-electron chi connectivity index (χ3n) is 5.40. The van der Waals surface area contributed by atoms with Gasteiger partial charge in [0.05, 0.1) is 5.56 Å². The van der Waals surface area contributed by atoms with Crippen LogP contribution in [0.4, 0.5) is 5.69 Å². The summed E-state index contributed by atoms with van der Waals surface area (Å²) in [5.41, 5.74) is 2.90. The van der Waals surface area contributed by atoms with Crippen LogP contribution in [0.5, 0.6) is 0 Å². The highest BCUT2D eigenvalue weighted by Gasteiger charge is 2.24. The van der Waals surface area contributed by atoms with E-state index in [1.807, 2.05) is 56.3 Å². The van der Waals surface area contributed by atoms with Gasteiger partial charge < -0.3 is 15.5 Å². The summed E-state index contributed by atoms with van der Waals surface area (Å²) in [5, 5.41) is 6.18. The first kappa shape index (κ1) is 20.9. The number of hydrogen-bond acceptors (Lipinski definition) is 3. The summed E-state index contributed by atoms with van der Waals surface area (Å²) < 4.78 is 0. The number of benzene rings is 2. The molecule has 2 aromatic carbocycles. The lowest BCUT2D eigenvalue weighted by Crippen LogP contribution is -2.46. The van der Waals surface area contributed by atoms with E-state index in [1.165, 1.54) is 5.56 Å². The molecule has 0 unspecified atom stereocenters. The lowest BCUT2D eigenvalue weighted by Gasteiger charge is -2.35. The molecule has 0 saturated carbocycles. The van der Waals surface area contributed by atoms with E-state index in [0.29, 0.717) is 12.1 Å². The molecule has 0 bridgehead atoms. The topological polar surface area (TPSA) is 61.4 Å². The molecule has 2 amide bonds. The largest absolute Gasteiger partial charge is 0.371 e. The highest BCUT2D eigenvalue weighted by molar-refractivity contribution is 5.99. The second kappa shape index (κ2) is 10.1. The van der Waals surface area contributed by atoms with Crippen molar-refractivity contribution in [2.45, 2.75) is 39.2 Å². The van der Waals surface area contributed by atoms with Crippen molar-refractivity contribution in [1.82, 2.24) is 10.6 Å². The maximum Gasteiger partial charge on any atom is 0.253 e. The number of anilines is 1. The standard InChI is InChI=1S/C24H31N3O2/c1-18(2)23(28)26-20-13-16-27(17-14-20)22-11-7-6-10-21(22)24(29)25-15-12-19-8-4-3-5-9-19/h3-11,18,20H,12-17H2,1-2H3,(H,25,29)(H,26,28). The van der Waals surface area contributed by atoms with Gasteiger partial charge in [0.2, 0.25) is 5.91 Å². The quantitative estimate of drug-likeness (QED) is 0.758. The minimum absolute atomic E-state index is 0.00772. The molecule has 154 valence electrons. The fourth-order valence-electron chi connectivity index (χ4n) is 3.63. The van der Waals surface area contributed by atoms with Gasteiger partial charge in [-0.15, -0.1) is 0 Å². The smallest absolute Gasteiger partial charge is 0.253 e. The highest BCUT2D eigenvalue weighted by Crippen LogP contribution is 2.24. The average Bonchev–Trinajstić information content (AvgIpc) is 2.75. The molecule has 1 fully saturated rings. The molecule has 2 aromatic rings. The molecule has 1 heterocycles. The maximum atomic E-state index is 12.8. The van der Waals surface area contributed by atoms with Gasteiger partial charge in [-0.05, 0) is 37.0 Å². The number of carbonyl (C=O) groups excluding carboxylic acids is 2. The van der Waals surface area contributed by atoms with Gasteiger partial charge in [-0.3, -0.25) is 9.59 Å². The molecule has 3 rings (SSSR count). The summed E-state index contributed by atoms with van der Waals surface area (Å²) in [4.78, 5) is 27.0. The van der Waals surface area contributed by atoms with Gasteiger partial charge in [0.1, 0.15) is 0 Å². The van der Waals surface area contributed by atoms with Crippen LogP contribution in [-0.4, -0.2) is 37.5 Å². The van der Waals surface area contributed by atoms with Crippen molar-refractivity contribution < 1.29 is 9.59 Å². The summed E-state index contributed by atoms with van der Waals surface area (Å²) >= 11 is 0. The summed E-state index contributed by atoms with van der Waals surface area (Å²) in [6.07, 6.45) is 2.60. The molecule has 0 aliphatic carbocycles. The van der Waals surface area contributed by atoms with Crippen molar-refractivity contribution in [3.05, 3.63) is 65.7 Å². The minimum atomic E-state index is -0.0354. The second-order valence-corrected chi connectivity index (χ2v) is 7.93. The molecule has 5 heteroatoms. The summed E-state index contributed by atoms with van der Waals surface area (Å²) in [6.45, 7) is 6.10. The molecule has 1 saturated heterocycles. The Kier molecular flexibility index (Phi) is 7.28. The maximum absolute atomic E-state index is 12.8. The van der Waals surface area contributed by atoms with Crippen LogP contribution in [0.1, 0.15) is 42.6 Å². The molecule has 2 N–H and O–H groups in total. The molecule has 1 aliphatic rings. The van der Waals surface area contributed by atoms with Crippen LogP contribution in [-0.2, 0) is 11.2 Å². The Bertz CT molecular complexity index is 812. The molecule has 29 heavy (non-hydrogen) atoms. The first-order valence-corrected chi connectivity index (χ1v) is 10.5. The van der Waals surface area contributed by atoms with Gasteiger partial charge in [0.15, 0.2) is 0 Å². The van der Waals surface area contributed by atoms with Crippen LogP contribution in [0.3, 0.4) is 0 Å². The van der Waals surface area contributed by atoms with Crippen LogP contribution in [0.15, 0.2) is 54.6 Å². The average molecular weight is 394 g/mol. The van der Waals surface area contributed by atoms with E-state index >= 15 is 0 Å². The number of nitrogens with one attached hydrogen (secondary N) is 2. The minimum Gasteiger partial charge on any atom is -0.371 e. The van der Waals surface area contributed by atoms with E-state index in [2.05, 4.69) is 27.7 Å². The molecular weight excluding hydrogens is 362 g/mol. The van der Waals surface area contributed by atoms with Gasteiger partial charge in [-0.25, -0.2) is 0 Å². The van der Waals surface area contributed by atoms with Crippen molar-refractivity contribution in [3.8, 4) is 0 Å². The Balaban J connectivity index is 1.56. The van der Waals surface area contributed by atoms with Crippen LogP contribution in [0, 0.1) is 5.92 Å². The number of amides is 2. The lowest BCUT2D eigenvalue weighted by molar-refractivity contribution is -0.124. The number of para-hydroxylation sites is 1. The Morgan fingerprint density at radius 3 is 2.34 bits per heavy atom. The molecule has 0 spiro atoms. The van der Waals surface area contributed by atoms with Crippen molar-refractivity contribution >= 4 is 17.5 Å². The Hall–Kier alpha value is -2.82. The molecular formula is C24H31N3O2. The molecule has 5 nitrogen and oxygen atoms in total. The van der Waals surface area contributed by atoms with Crippen molar-refractivity contribution in [1.29, 1.82) is 0 Å². The normalized spacial score (nSPS) is 14.7. The molecule has 0 radical (unpaired) electrons. The zero-order valence-electron chi connectivity index (χ0n) is 17.4. The zero-order valence-corrected chi connectivity index (χ0v) is 17.4. The van der Waals surface area contributed by atoms with E-state index in [1.54, 1.807) is 0 Å². The number of rotatable bonds is 7. The predicted octanol–water partition coefficient (Wildman–Crippen LogP) is 3.40. The number of hydrogen-bond donors (Lipinski definition) is 2. The second-order valence-electron chi connectivity index (χ2n) is 7.93. The SMILES string of the molecule is CC(C)C(=O)NC1CCN(c2ccccc2C(=O)NCCc2ccccc2)CC1. The highest BCUT2D eigenvalue weighted by atomic mass is 16.2. The fraction of sp³-hybridized carbons (Fsp3) is 0.417. The summed E-state index contributed by atoms with van der Waals surface area (Å²) in [7, 11) is 0. The molecule has 0 aromatic heterocycles. The van der Waals surface area contributed by atoms with Gasteiger partial charge in [0, 0.05) is 37.3 Å². The monoisotopic (exact) mass is 393 g/mol. The number of nitrogens with zero attached hydrogens (tertiary/aromatic N) is 1. The Morgan fingerprint density at radius 1 is 1.00 bits per heavy atom. The van der Waals surface area contributed by atoms with Crippen molar-refractivity contribution in [2.24, 2.45) is 5.92 Å². The fourth-order valence-corrected chi connectivity index (χ4v) is 3.63. The Labute approximate surface area is 173 Å². The first-order valence-electron chi connectivity index (χ1n) is 10.5. The van der Waals surface area contributed by atoms with E-state index < -0.39 is 0 Å². The van der Waals surface area contributed by atoms with Gasteiger partial charge in [-0.2, -0.15) is 0 Å². The van der Waals surface area contributed by atoms with E-state index in [9.17, 15) is 9.59 Å². The van der Waals surface area contributed by atoms with E-state index in [-0.39, 0.29) is 23.8 Å². The summed E-state index contributed by atoms with van der Waals surface area (Å²) in [6, 6.07) is 18.2. The molecule has 0 atom stereocenters. The predicted molar refractivity (Wildman–Crippen MR) is 117 cm³/mol. The van der Waals surface area contributed by atoms with Gasteiger partial charge in [-0.1, -0.05) is 56.3 Å². The van der Waals surface area contributed by atoms with Crippen molar-refractivity contribution in [3.63, 3.8) is 0 Å². The first-order chi connectivity index (χ1) is 14.0. The van der Waals surface area contributed by atoms with E-state index in [0.717, 1.165) is 38.0 Å². The summed E-state index contributed by atoms with van der Waals surface area (Å²) in [5.74, 6) is 0.0850. The van der Waals surface area contributed by atoms with Gasteiger partial charge in [0.25, 0.3) is 5.91 Å². The van der Waals surface area contributed by atoms with Crippen LogP contribution in [0.25, 0.3) is 0 Å². The number of piperidine rings is 1. The lowest BCUT2D eigenvalue weighted by atomic mass is 10.0.